The molecular weight excluding hydrogens is 536 g/mol. The molecule has 1 saturated heterocycles. The molecule has 0 unspecified atom stereocenters. The van der Waals surface area contributed by atoms with E-state index in [9.17, 15) is 19.2 Å². The number of nitrogens with zero attached hydrogens (tertiary/aromatic N) is 1. The van der Waals surface area contributed by atoms with E-state index in [1.165, 1.54) is 0 Å². The minimum atomic E-state index is -0.640. The molecule has 0 radical (unpaired) electrons. The van der Waals surface area contributed by atoms with Gasteiger partial charge in [0.05, 0.1) is 16.7 Å². The lowest BCUT2D eigenvalue weighted by Gasteiger charge is -2.13. The fraction of sp³-hybridized carbons (Fsp3) is 0.280. The minimum Gasteiger partial charge on any atom is -0.484 e. The van der Waals surface area contributed by atoms with Crippen LogP contribution in [0.2, 0.25) is 0 Å². The van der Waals surface area contributed by atoms with Gasteiger partial charge >= 0.3 is 5.97 Å². The van der Waals surface area contributed by atoms with Crippen molar-refractivity contribution in [2.24, 2.45) is 0 Å². The number of thioether (sulfide) groups is 1. The van der Waals surface area contributed by atoms with Gasteiger partial charge < -0.3 is 14.8 Å². The number of anilines is 1. The number of amides is 3. The highest BCUT2D eigenvalue weighted by Crippen LogP contribution is 2.32. The molecule has 0 aromatic heterocycles. The molecule has 1 aliphatic rings. The summed E-state index contributed by atoms with van der Waals surface area (Å²) in [6.07, 6.45) is 1.23. The lowest BCUT2D eigenvalue weighted by atomic mass is 10.1. The second kappa shape index (κ2) is 11.5. The van der Waals surface area contributed by atoms with Gasteiger partial charge in [0.25, 0.3) is 17.1 Å². The van der Waals surface area contributed by atoms with Crippen LogP contribution in [0.4, 0.5) is 10.5 Å². The molecular formula is C25H25BrN2O6S. The number of benzene rings is 2. The number of hydrogen-bond acceptors (Lipinski definition) is 7. The molecule has 1 aliphatic heterocycles. The summed E-state index contributed by atoms with van der Waals surface area (Å²) in [6.45, 7) is 6.74. The Kier molecular flexibility index (Phi) is 8.74. The molecule has 8 nitrogen and oxygen atoms in total. The molecule has 184 valence electrons. The first-order valence-corrected chi connectivity index (χ1v) is 12.4. The van der Waals surface area contributed by atoms with Crippen LogP contribution in [0.5, 0.6) is 5.75 Å². The number of esters is 1. The maximum atomic E-state index is 12.5. The highest BCUT2D eigenvalue weighted by atomic mass is 79.9. The maximum Gasteiger partial charge on any atom is 0.326 e. The molecule has 10 heteroatoms. The van der Waals surface area contributed by atoms with Crippen LogP contribution in [-0.2, 0) is 19.1 Å². The Hall–Kier alpha value is -3.11. The maximum absolute atomic E-state index is 12.5. The van der Waals surface area contributed by atoms with Crippen LogP contribution in [0.15, 0.2) is 45.8 Å². The molecule has 2 aromatic carbocycles. The summed E-state index contributed by atoms with van der Waals surface area (Å²) in [4.78, 5) is 49.9. The average molecular weight is 561 g/mol. The lowest BCUT2D eigenvalue weighted by Crippen LogP contribution is -2.35. The van der Waals surface area contributed by atoms with Crippen molar-refractivity contribution in [1.29, 1.82) is 0 Å². The van der Waals surface area contributed by atoms with Crippen LogP contribution in [0, 0.1) is 13.8 Å². The molecule has 0 aliphatic carbocycles. The van der Waals surface area contributed by atoms with Crippen molar-refractivity contribution >= 4 is 62.5 Å². The highest BCUT2D eigenvalue weighted by molar-refractivity contribution is 9.10. The zero-order chi connectivity index (χ0) is 25.7. The number of nitrogens with one attached hydrogen (secondary N) is 1. The van der Waals surface area contributed by atoms with E-state index in [2.05, 4.69) is 21.2 Å². The quantitative estimate of drug-likeness (QED) is 0.355. The summed E-state index contributed by atoms with van der Waals surface area (Å²) >= 11 is 4.21. The van der Waals surface area contributed by atoms with Gasteiger partial charge in [-0.1, -0.05) is 12.1 Å². The first-order valence-electron chi connectivity index (χ1n) is 10.8. The zero-order valence-electron chi connectivity index (χ0n) is 19.7. The number of ether oxygens (including phenoxy) is 2. The van der Waals surface area contributed by atoms with Gasteiger partial charge in [-0.15, -0.1) is 0 Å². The normalized spacial score (nSPS) is 14.6. The van der Waals surface area contributed by atoms with Gasteiger partial charge in [-0.3, -0.25) is 24.1 Å². The van der Waals surface area contributed by atoms with Gasteiger partial charge in [-0.05, 0) is 102 Å². The summed E-state index contributed by atoms with van der Waals surface area (Å²) in [7, 11) is 0. The fourth-order valence-electron chi connectivity index (χ4n) is 3.09. The molecule has 1 N–H and O–H groups in total. The first-order chi connectivity index (χ1) is 16.5. The Labute approximate surface area is 216 Å². The number of hydrogen-bond donors (Lipinski definition) is 1. The third-order valence-corrected chi connectivity index (χ3v) is 6.50. The van der Waals surface area contributed by atoms with Crippen molar-refractivity contribution in [2.75, 3.05) is 18.5 Å². The van der Waals surface area contributed by atoms with Crippen molar-refractivity contribution in [3.05, 3.63) is 62.5 Å². The van der Waals surface area contributed by atoms with E-state index in [1.54, 1.807) is 44.2 Å². The topological polar surface area (TPSA) is 102 Å². The van der Waals surface area contributed by atoms with Crippen molar-refractivity contribution < 1.29 is 28.7 Å². The summed E-state index contributed by atoms with van der Waals surface area (Å²) in [5, 5.41) is 2.29. The van der Waals surface area contributed by atoms with Gasteiger partial charge in [-0.25, -0.2) is 0 Å². The number of halogens is 1. The van der Waals surface area contributed by atoms with Crippen molar-refractivity contribution in [3.63, 3.8) is 0 Å². The van der Waals surface area contributed by atoms with E-state index < -0.39 is 23.7 Å². The Morgan fingerprint density at radius 1 is 1.11 bits per heavy atom. The molecule has 0 bridgehead atoms. The molecule has 0 saturated carbocycles. The zero-order valence-corrected chi connectivity index (χ0v) is 22.1. The summed E-state index contributed by atoms with van der Waals surface area (Å²) in [6, 6.07) is 10.6. The van der Waals surface area contributed by atoms with Crippen LogP contribution < -0.4 is 10.1 Å². The molecule has 1 heterocycles. The summed E-state index contributed by atoms with van der Waals surface area (Å²) in [5.41, 5.74) is 3.51. The van der Waals surface area contributed by atoms with Crippen molar-refractivity contribution in [1.82, 2.24) is 4.90 Å². The van der Waals surface area contributed by atoms with E-state index in [0.29, 0.717) is 17.0 Å². The van der Waals surface area contributed by atoms with Gasteiger partial charge in [0.2, 0.25) is 0 Å². The summed E-state index contributed by atoms with van der Waals surface area (Å²) in [5.74, 6) is -1.02. The first kappa shape index (κ1) is 26.5. The second-order valence-corrected chi connectivity index (χ2v) is 9.98. The third-order valence-electron chi connectivity index (χ3n) is 4.93. The van der Waals surface area contributed by atoms with E-state index in [0.717, 1.165) is 32.3 Å². The molecule has 2 aromatic rings. The second-order valence-electron chi connectivity index (χ2n) is 8.13. The van der Waals surface area contributed by atoms with Gasteiger partial charge in [0.1, 0.15) is 12.3 Å². The molecule has 1 fully saturated rings. The molecule has 0 spiro atoms. The van der Waals surface area contributed by atoms with E-state index >= 15 is 0 Å². The Bertz CT molecular complexity index is 1190. The predicted molar refractivity (Wildman–Crippen MR) is 138 cm³/mol. The smallest absolute Gasteiger partial charge is 0.326 e. The van der Waals surface area contributed by atoms with Crippen LogP contribution in [0.1, 0.15) is 30.5 Å². The van der Waals surface area contributed by atoms with Gasteiger partial charge in [0, 0.05) is 4.47 Å². The van der Waals surface area contributed by atoms with Crippen LogP contribution in [-0.4, -0.2) is 47.2 Å². The number of carbonyl (C=O) groups is 4. The lowest BCUT2D eigenvalue weighted by molar-refractivity contribution is -0.149. The molecule has 35 heavy (non-hydrogen) atoms. The summed E-state index contributed by atoms with van der Waals surface area (Å²) < 4.78 is 11.4. The number of rotatable bonds is 8. The van der Waals surface area contributed by atoms with Crippen LogP contribution in [0.3, 0.4) is 0 Å². The van der Waals surface area contributed by atoms with Crippen LogP contribution >= 0.6 is 27.7 Å². The number of aryl methyl sites for hydroxylation is 2. The van der Waals surface area contributed by atoms with Gasteiger partial charge in [0.15, 0.2) is 6.61 Å². The van der Waals surface area contributed by atoms with Crippen LogP contribution in [0.25, 0.3) is 6.08 Å². The van der Waals surface area contributed by atoms with Crippen molar-refractivity contribution in [3.8, 4) is 5.75 Å². The molecule has 3 rings (SSSR count). The predicted octanol–water partition coefficient (Wildman–Crippen LogP) is 5.07. The highest BCUT2D eigenvalue weighted by Gasteiger charge is 2.36. The minimum absolute atomic E-state index is 0.177. The van der Waals surface area contributed by atoms with E-state index in [-0.39, 0.29) is 23.5 Å². The Balaban J connectivity index is 1.56. The van der Waals surface area contributed by atoms with E-state index in [1.807, 2.05) is 26.0 Å². The van der Waals surface area contributed by atoms with E-state index in [4.69, 9.17) is 9.47 Å². The standard InChI is InChI=1S/C25H25BrN2O6S/c1-14(2)34-23(30)12-28-24(31)21(35-25(28)32)11-17-5-7-18(8-6-17)33-13-22(29)27-20-10-16(4)15(3)9-19(20)26/h5-11,14H,12-13H2,1-4H3,(H,27,29)/b21-11-. The van der Waals surface area contributed by atoms with Gasteiger partial charge in [-0.2, -0.15) is 0 Å². The number of carbonyl (C=O) groups excluding carboxylic acids is 4. The average Bonchev–Trinajstić information content (AvgIpc) is 3.03. The van der Waals surface area contributed by atoms with Crippen molar-refractivity contribution in [2.45, 2.75) is 33.8 Å². The SMILES string of the molecule is Cc1cc(Br)c(NC(=O)COc2ccc(/C=C3\SC(=O)N(CC(=O)OC(C)C)C3=O)cc2)cc1C. The Morgan fingerprint density at radius 3 is 2.43 bits per heavy atom. The number of imide groups is 1. The molecule has 3 amide bonds. The largest absolute Gasteiger partial charge is 0.484 e. The Morgan fingerprint density at radius 2 is 1.77 bits per heavy atom. The molecule has 0 atom stereocenters. The fourth-order valence-corrected chi connectivity index (χ4v) is 4.48. The monoisotopic (exact) mass is 560 g/mol. The third kappa shape index (κ3) is 7.19.